The average Bonchev–Trinajstić information content (AvgIpc) is 2.17. The quantitative estimate of drug-likeness (QED) is 0.732. The van der Waals surface area contributed by atoms with Crippen LogP contribution in [0.2, 0.25) is 0 Å². The van der Waals surface area contributed by atoms with E-state index in [0.717, 1.165) is 32.5 Å². The van der Waals surface area contributed by atoms with Gasteiger partial charge in [-0.25, -0.2) is 0 Å². The van der Waals surface area contributed by atoms with Crippen molar-refractivity contribution in [3.8, 4) is 0 Å². The maximum Gasteiger partial charge on any atom is 0.219 e. The molecule has 15 heavy (non-hydrogen) atoms. The van der Waals surface area contributed by atoms with Gasteiger partial charge in [-0.15, -0.1) is 0 Å². The molecule has 1 atom stereocenters. The molecule has 0 spiro atoms. The van der Waals surface area contributed by atoms with E-state index >= 15 is 0 Å². The molecule has 0 saturated carbocycles. The van der Waals surface area contributed by atoms with E-state index in [-0.39, 0.29) is 11.9 Å². The van der Waals surface area contributed by atoms with Crippen LogP contribution < -0.4 is 5.73 Å². The third-order valence-corrected chi connectivity index (χ3v) is 3.15. The number of nitrogens with zero attached hydrogens (tertiary/aromatic N) is 2. The molecule has 0 aromatic rings. The molecule has 1 rings (SSSR count). The number of likely N-dealkylation sites (tertiary alicyclic amines) is 1. The Balaban J connectivity index is 2.32. The van der Waals surface area contributed by atoms with E-state index in [2.05, 4.69) is 4.90 Å². The second-order valence-electron chi connectivity index (χ2n) is 4.64. The van der Waals surface area contributed by atoms with Gasteiger partial charge in [-0.1, -0.05) is 0 Å². The van der Waals surface area contributed by atoms with Crippen LogP contribution in [-0.4, -0.2) is 54.5 Å². The van der Waals surface area contributed by atoms with Crippen molar-refractivity contribution in [1.82, 2.24) is 9.80 Å². The van der Waals surface area contributed by atoms with Crippen molar-refractivity contribution in [3.05, 3.63) is 0 Å². The monoisotopic (exact) mass is 213 g/mol. The van der Waals surface area contributed by atoms with Crippen molar-refractivity contribution in [2.45, 2.75) is 38.8 Å². The fraction of sp³-hybridized carbons (Fsp3) is 0.909. The third kappa shape index (κ3) is 3.80. The van der Waals surface area contributed by atoms with Crippen LogP contribution in [0.15, 0.2) is 0 Å². The van der Waals surface area contributed by atoms with Gasteiger partial charge in [0.1, 0.15) is 0 Å². The SMILES string of the molecule is CC(=O)N(C)C1CCN(CC(C)N)CC1. The molecule has 88 valence electrons. The maximum absolute atomic E-state index is 11.2. The van der Waals surface area contributed by atoms with Crippen LogP contribution in [0.3, 0.4) is 0 Å². The lowest BCUT2D eigenvalue weighted by Gasteiger charge is -2.36. The Morgan fingerprint density at radius 1 is 1.53 bits per heavy atom. The zero-order valence-corrected chi connectivity index (χ0v) is 10.1. The molecule has 4 nitrogen and oxygen atoms in total. The van der Waals surface area contributed by atoms with E-state index < -0.39 is 0 Å². The van der Waals surface area contributed by atoms with Gasteiger partial charge in [0.25, 0.3) is 0 Å². The van der Waals surface area contributed by atoms with Crippen molar-refractivity contribution in [2.75, 3.05) is 26.7 Å². The second-order valence-corrected chi connectivity index (χ2v) is 4.64. The smallest absolute Gasteiger partial charge is 0.219 e. The number of carbonyl (C=O) groups is 1. The van der Waals surface area contributed by atoms with Crippen LogP contribution in [0.1, 0.15) is 26.7 Å². The second kappa shape index (κ2) is 5.47. The van der Waals surface area contributed by atoms with Crippen molar-refractivity contribution < 1.29 is 4.79 Å². The summed E-state index contributed by atoms with van der Waals surface area (Å²) in [4.78, 5) is 15.4. The van der Waals surface area contributed by atoms with Crippen molar-refractivity contribution in [3.63, 3.8) is 0 Å². The highest BCUT2D eigenvalue weighted by Gasteiger charge is 2.23. The van der Waals surface area contributed by atoms with Crippen molar-refractivity contribution >= 4 is 5.91 Å². The average molecular weight is 213 g/mol. The minimum Gasteiger partial charge on any atom is -0.343 e. The van der Waals surface area contributed by atoms with E-state index in [0.29, 0.717) is 6.04 Å². The summed E-state index contributed by atoms with van der Waals surface area (Å²) in [6.07, 6.45) is 2.14. The molecule has 1 saturated heterocycles. The lowest BCUT2D eigenvalue weighted by Crippen LogP contribution is -2.47. The summed E-state index contributed by atoms with van der Waals surface area (Å²) in [5.74, 6) is 0.167. The zero-order chi connectivity index (χ0) is 11.4. The first kappa shape index (κ1) is 12.5. The molecule has 0 aromatic carbocycles. The van der Waals surface area contributed by atoms with Gasteiger partial charge in [-0.2, -0.15) is 0 Å². The number of amides is 1. The number of hydrogen-bond acceptors (Lipinski definition) is 3. The standard InChI is InChI=1S/C11H23N3O/c1-9(12)8-14-6-4-11(5-7-14)13(3)10(2)15/h9,11H,4-8,12H2,1-3H3. The van der Waals surface area contributed by atoms with Gasteiger partial charge in [-0.05, 0) is 19.8 Å². The summed E-state index contributed by atoms with van der Waals surface area (Å²) in [5.41, 5.74) is 5.76. The summed E-state index contributed by atoms with van der Waals surface area (Å²) in [7, 11) is 1.90. The number of piperidine rings is 1. The van der Waals surface area contributed by atoms with Gasteiger partial charge >= 0.3 is 0 Å². The summed E-state index contributed by atoms with van der Waals surface area (Å²) in [6, 6.07) is 0.666. The number of nitrogens with two attached hydrogens (primary N) is 1. The molecule has 0 aliphatic carbocycles. The van der Waals surface area contributed by atoms with Crippen molar-refractivity contribution in [2.24, 2.45) is 5.73 Å². The molecule has 1 aliphatic rings. The summed E-state index contributed by atoms with van der Waals surface area (Å²) >= 11 is 0. The first-order valence-corrected chi connectivity index (χ1v) is 5.72. The third-order valence-electron chi connectivity index (χ3n) is 3.15. The van der Waals surface area contributed by atoms with Crippen LogP contribution in [-0.2, 0) is 4.79 Å². The Kier molecular flexibility index (Phi) is 4.54. The lowest BCUT2D eigenvalue weighted by molar-refractivity contribution is -0.130. The molecule has 4 heteroatoms. The number of carbonyl (C=O) groups excluding carboxylic acids is 1. The van der Waals surface area contributed by atoms with Crippen LogP contribution in [0, 0.1) is 0 Å². The lowest BCUT2D eigenvalue weighted by atomic mass is 10.0. The Bertz CT molecular complexity index is 210. The molecule has 0 aromatic heterocycles. The first-order chi connectivity index (χ1) is 7.00. The van der Waals surface area contributed by atoms with E-state index in [4.69, 9.17) is 5.73 Å². The van der Waals surface area contributed by atoms with Gasteiger partial charge in [0.2, 0.25) is 5.91 Å². The minimum atomic E-state index is 0.167. The minimum absolute atomic E-state index is 0.167. The predicted molar refractivity (Wildman–Crippen MR) is 61.6 cm³/mol. The van der Waals surface area contributed by atoms with E-state index in [1.807, 2.05) is 18.9 Å². The van der Waals surface area contributed by atoms with E-state index in [1.165, 1.54) is 0 Å². The van der Waals surface area contributed by atoms with Crippen molar-refractivity contribution in [1.29, 1.82) is 0 Å². The van der Waals surface area contributed by atoms with Crippen LogP contribution in [0.4, 0.5) is 0 Å². The summed E-state index contributed by atoms with van der Waals surface area (Å²) in [5, 5.41) is 0. The highest BCUT2D eigenvalue weighted by molar-refractivity contribution is 5.73. The highest BCUT2D eigenvalue weighted by atomic mass is 16.2. The van der Waals surface area contributed by atoms with Crippen LogP contribution in [0.25, 0.3) is 0 Å². The summed E-state index contributed by atoms with van der Waals surface area (Å²) < 4.78 is 0. The molecule has 1 aliphatic heterocycles. The molecular formula is C11H23N3O. The van der Waals surface area contributed by atoms with Gasteiger partial charge in [0.05, 0.1) is 0 Å². The molecule has 1 amide bonds. The first-order valence-electron chi connectivity index (χ1n) is 5.72. The fourth-order valence-corrected chi connectivity index (χ4v) is 2.15. The van der Waals surface area contributed by atoms with E-state index in [1.54, 1.807) is 6.92 Å². The molecular weight excluding hydrogens is 190 g/mol. The Morgan fingerprint density at radius 3 is 2.47 bits per heavy atom. The predicted octanol–water partition coefficient (Wildman–Crippen LogP) is 0.276. The van der Waals surface area contributed by atoms with Gasteiger partial charge in [0.15, 0.2) is 0 Å². The molecule has 0 radical (unpaired) electrons. The Labute approximate surface area is 92.4 Å². The zero-order valence-electron chi connectivity index (χ0n) is 10.1. The van der Waals surface area contributed by atoms with Gasteiger partial charge in [-0.3, -0.25) is 4.79 Å². The van der Waals surface area contributed by atoms with E-state index in [9.17, 15) is 4.79 Å². The van der Waals surface area contributed by atoms with Crippen LogP contribution >= 0.6 is 0 Å². The maximum atomic E-state index is 11.2. The number of rotatable bonds is 3. The Hall–Kier alpha value is -0.610. The summed E-state index contributed by atoms with van der Waals surface area (Å²) in [6.45, 7) is 6.76. The van der Waals surface area contributed by atoms with Gasteiger partial charge < -0.3 is 15.5 Å². The molecule has 2 N–H and O–H groups in total. The number of hydrogen-bond donors (Lipinski definition) is 1. The van der Waals surface area contributed by atoms with Gasteiger partial charge in [0, 0.05) is 45.7 Å². The normalized spacial score (nSPS) is 21.3. The highest BCUT2D eigenvalue weighted by Crippen LogP contribution is 2.15. The van der Waals surface area contributed by atoms with Crippen LogP contribution in [0.5, 0.6) is 0 Å². The molecule has 1 unspecified atom stereocenters. The fourth-order valence-electron chi connectivity index (χ4n) is 2.15. The molecule has 0 bridgehead atoms. The largest absolute Gasteiger partial charge is 0.343 e. The Morgan fingerprint density at radius 2 is 2.07 bits per heavy atom. The molecule has 1 heterocycles. The molecule has 1 fully saturated rings. The topological polar surface area (TPSA) is 49.6 Å².